The number of nitriles is 1. The molecular weight excluding hydrogens is 292 g/mol. The van der Waals surface area contributed by atoms with E-state index in [4.69, 9.17) is 9.47 Å². The van der Waals surface area contributed by atoms with Crippen molar-refractivity contribution in [1.29, 1.82) is 5.26 Å². The van der Waals surface area contributed by atoms with Crippen molar-refractivity contribution >= 4 is 0 Å². The molecule has 6 nitrogen and oxygen atoms in total. The number of nitrogens with zero attached hydrogens (tertiary/aromatic N) is 4. The van der Waals surface area contributed by atoms with E-state index in [-0.39, 0.29) is 5.69 Å². The van der Waals surface area contributed by atoms with Crippen LogP contribution < -0.4 is 9.47 Å². The van der Waals surface area contributed by atoms with Crippen molar-refractivity contribution < 1.29 is 9.47 Å². The first kappa shape index (κ1) is 14.6. The summed E-state index contributed by atoms with van der Waals surface area (Å²) in [5, 5.41) is 17.4. The Balaban J connectivity index is 2.23. The minimum absolute atomic E-state index is 0.258. The molecule has 1 heterocycles. The van der Waals surface area contributed by atoms with Gasteiger partial charge in [-0.3, -0.25) is 0 Å². The quantitative estimate of drug-likeness (QED) is 0.741. The van der Waals surface area contributed by atoms with Crippen molar-refractivity contribution in [3.05, 3.63) is 54.2 Å². The minimum atomic E-state index is 0.258. The van der Waals surface area contributed by atoms with E-state index in [0.29, 0.717) is 22.9 Å². The topological polar surface area (TPSA) is 73.0 Å². The summed E-state index contributed by atoms with van der Waals surface area (Å²) >= 11 is 0. The Hall–Kier alpha value is -3.33. The zero-order valence-corrected chi connectivity index (χ0v) is 12.7. The lowest BCUT2D eigenvalue weighted by atomic mass is 10.1. The molecule has 0 spiro atoms. The Morgan fingerprint density at radius 1 is 1.04 bits per heavy atom. The van der Waals surface area contributed by atoms with Crippen LogP contribution in [0.1, 0.15) is 5.69 Å². The molecule has 114 valence electrons. The highest BCUT2D eigenvalue weighted by molar-refractivity contribution is 5.68. The highest BCUT2D eigenvalue weighted by Crippen LogP contribution is 2.32. The maximum atomic E-state index is 9.33. The van der Waals surface area contributed by atoms with Gasteiger partial charge < -0.3 is 9.47 Å². The average Bonchev–Trinajstić information content (AvgIpc) is 3.05. The predicted octanol–water partition coefficient (Wildman–Crippen LogP) is 2.82. The second-order valence-electron chi connectivity index (χ2n) is 4.71. The summed E-state index contributed by atoms with van der Waals surface area (Å²) < 4.78 is 12.2. The molecule has 0 fully saturated rings. The predicted molar refractivity (Wildman–Crippen MR) is 84.6 cm³/mol. The van der Waals surface area contributed by atoms with Gasteiger partial charge >= 0.3 is 0 Å². The van der Waals surface area contributed by atoms with E-state index in [2.05, 4.69) is 16.4 Å². The van der Waals surface area contributed by atoms with Crippen molar-refractivity contribution in [3.8, 4) is 34.5 Å². The van der Waals surface area contributed by atoms with E-state index < -0.39 is 0 Å². The number of hydrogen-bond acceptors (Lipinski definition) is 5. The van der Waals surface area contributed by atoms with Crippen LogP contribution >= 0.6 is 0 Å². The lowest BCUT2D eigenvalue weighted by Gasteiger charge is -2.12. The van der Waals surface area contributed by atoms with Gasteiger partial charge in [0.05, 0.1) is 14.2 Å². The zero-order valence-electron chi connectivity index (χ0n) is 12.7. The smallest absolute Gasteiger partial charge is 0.191 e. The summed E-state index contributed by atoms with van der Waals surface area (Å²) in [5.74, 6) is 1.25. The molecule has 0 atom stereocenters. The van der Waals surface area contributed by atoms with E-state index in [1.54, 1.807) is 31.0 Å². The normalized spacial score (nSPS) is 10.1. The molecule has 0 radical (unpaired) electrons. The molecule has 0 saturated carbocycles. The number of benzene rings is 2. The third-order valence-corrected chi connectivity index (χ3v) is 3.44. The van der Waals surface area contributed by atoms with Gasteiger partial charge in [0.2, 0.25) is 0 Å². The lowest BCUT2D eigenvalue weighted by molar-refractivity contribution is 0.392. The van der Waals surface area contributed by atoms with Crippen molar-refractivity contribution in [3.63, 3.8) is 0 Å². The standard InChI is InChI=1S/C17H14N4O2/c1-22-13-8-9-15(16(10-13)23-2)21-17(14(11-18)19-20-21)12-6-4-3-5-7-12/h3-10H,1-2H3. The van der Waals surface area contributed by atoms with Crippen molar-refractivity contribution in [2.24, 2.45) is 0 Å². The van der Waals surface area contributed by atoms with E-state index in [9.17, 15) is 5.26 Å². The highest BCUT2D eigenvalue weighted by atomic mass is 16.5. The van der Waals surface area contributed by atoms with E-state index >= 15 is 0 Å². The summed E-state index contributed by atoms with van der Waals surface area (Å²) in [6.07, 6.45) is 0. The fourth-order valence-electron chi connectivity index (χ4n) is 2.34. The van der Waals surface area contributed by atoms with E-state index in [1.165, 1.54) is 0 Å². The van der Waals surface area contributed by atoms with E-state index in [1.807, 2.05) is 36.4 Å². The van der Waals surface area contributed by atoms with Gasteiger partial charge in [-0.1, -0.05) is 35.5 Å². The summed E-state index contributed by atoms with van der Waals surface area (Å²) in [7, 11) is 3.16. The third kappa shape index (κ3) is 2.60. The Morgan fingerprint density at radius 3 is 2.48 bits per heavy atom. The van der Waals surface area contributed by atoms with Gasteiger partial charge in [0.25, 0.3) is 0 Å². The van der Waals surface area contributed by atoms with Crippen LogP contribution in [0.25, 0.3) is 16.9 Å². The Labute approximate surface area is 133 Å². The van der Waals surface area contributed by atoms with Gasteiger partial charge in [-0.15, -0.1) is 5.10 Å². The van der Waals surface area contributed by atoms with Crippen LogP contribution in [0.2, 0.25) is 0 Å². The van der Waals surface area contributed by atoms with Crippen LogP contribution in [0.3, 0.4) is 0 Å². The second-order valence-corrected chi connectivity index (χ2v) is 4.71. The van der Waals surface area contributed by atoms with Gasteiger partial charge in [-0.2, -0.15) is 5.26 Å². The monoisotopic (exact) mass is 306 g/mol. The molecule has 1 aromatic heterocycles. The Bertz CT molecular complexity index is 866. The molecule has 0 unspecified atom stereocenters. The van der Waals surface area contributed by atoms with Gasteiger partial charge in [-0.25, -0.2) is 4.68 Å². The maximum Gasteiger partial charge on any atom is 0.191 e. The van der Waals surface area contributed by atoms with Gasteiger partial charge in [0.15, 0.2) is 5.69 Å². The number of rotatable bonds is 4. The van der Waals surface area contributed by atoms with Crippen molar-refractivity contribution in [2.75, 3.05) is 14.2 Å². The molecule has 3 rings (SSSR count). The van der Waals surface area contributed by atoms with Gasteiger partial charge in [0.1, 0.15) is 28.9 Å². The maximum absolute atomic E-state index is 9.33. The van der Waals surface area contributed by atoms with Crippen LogP contribution in [0.15, 0.2) is 48.5 Å². The Kier molecular flexibility index (Phi) is 3.93. The fraction of sp³-hybridized carbons (Fsp3) is 0.118. The molecule has 0 aliphatic carbocycles. The van der Waals surface area contributed by atoms with Crippen LogP contribution in [0.4, 0.5) is 0 Å². The molecule has 6 heteroatoms. The highest BCUT2D eigenvalue weighted by Gasteiger charge is 2.18. The van der Waals surface area contributed by atoms with Gasteiger partial charge in [-0.05, 0) is 12.1 Å². The Morgan fingerprint density at radius 2 is 1.83 bits per heavy atom. The largest absolute Gasteiger partial charge is 0.497 e. The summed E-state index contributed by atoms with van der Waals surface area (Å²) in [4.78, 5) is 0. The number of ether oxygens (including phenoxy) is 2. The molecular formula is C17H14N4O2. The van der Waals surface area contributed by atoms with Crippen molar-refractivity contribution in [1.82, 2.24) is 15.0 Å². The molecule has 0 amide bonds. The van der Waals surface area contributed by atoms with Crippen LogP contribution in [-0.4, -0.2) is 29.2 Å². The summed E-state index contributed by atoms with van der Waals surface area (Å²) in [5.41, 5.74) is 2.42. The van der Waals surface area contributed by atoms with Gasteiger partial charge in [0, 0.05) is 11.6 Å². The SMILES string of the molecule is COc1ccc(-n2nnc(C#N)c2-c2ccccc2)c(OC)c1. The molecule has 0 aliphatic heterocycles. The summed E-state index contributed by atoms with van der Waals surface area (Å²) in [6, 6.07) is 17.0. The van der Waals surface area contributed by atoms with Crippen LogP contribution in [0.5, 0.6) is 11.5 Å². The van der Waals surface area contributed by atoms with E-state index in [0.717, 1.165) is 5.56 Å². The zero-order chi connectivity index (χ0) is 16.2. The molecule has 2 aromatic carbocycles. The first-order valence-corrected chi connectivity index (χ1v) is 6.92. The molecule has 0 aliphatic rings. The fourth-order valence-corrected chi connectivity index (χ4v) is 2.34. The molecule has 3 aromatic rings. The van der Waals surface area contributed by atoms with Crippen LogP contribution in [-0.2, 0) is 0 Å². The molecule has 23 heavy (non-hydrogen) atoms. The second kappa shape index (κ2) is 6.20. The molecule has 0 N–H and O–H groups in total. The molecule has 0 saturated heterocycles. The summed E-state index contributed by atoms with van der Waals surface area (Å²) in [6.45, 7) is 0. The van der Waals surface area contributed by atoms with Crippen molar-refractivity contribution in [2.45, 2.75) is 0 Å². The number of hydrogen-bond donors (Lipinski definition) is 0. The molecule has 0 bridgehead atoms. The lowest BCUT2D eigenvalue weighted by Crippen LogP contribution is -2.03. The van der Waals surface area contributed by atoms with Crippen LogP contribution in [0, 0.1) is 11.3 Å². The first-order chi connectivity index (χ1) is 11.3. The minimum Gasteiger partial charge on any atom is -0.497 e. The average molecular weight is 306 g/mol. The first-order valence-electron chi connectivity index (χ1n) is 6.92. The number of methoxy groups -OCH3 is 2. The third-order valence-electron chi connectivity index (χ3n) is 3.44. The number of aromatic nitrogens is 3.